The fourth-order valence-corrected chi connectivity index (χ4v) is 5.28. The molecule has 6 nitrogen and oxygen atoms in total. The highest BCUT2D eigenvalue weighted by atomic mass is 35.5. The van der Waals surface area contributed by atoms with E-state index < -0.39 is 0 Å². The van der Waals surface area contributed by atoms with E-state index in [1.807, 2.05) is 12.2 Å². The van der Waals surface area contributed by atoms with Crippen LogP contribution in [-0.2, 0) is 19.2 Å². The zero-order chi connectivity index (χ0) is 20.0. The quantitative estimate of drug-likeness (QED) is 0.502. The lowest BCUT2D eigenvalue weighted by molar-refractivity contribution is -0.142. The number of halogens is 2. The van der Waals surface area contributed by atoms with Crippen molar-refractivity contribution in [2.45, 2.75) is 38.5 Å². The standard InChI is InChI=1S/C20H22Cl2N2O4/c21-11-3-5-13-15(9-11)19(27)23(17(13)25)7-1-2-8-24-18(26)14-6-4-12(22)10-16(14)20(24)28/h3-4,13-16H,1-2,5-10H2/t13-,14-,15+,16+/m1/s1. The topological polar surface area (TPSA) is 74.8 Å². The predicted molar refractivity (Wildman–Crippen MR) is 103 cm³/mol. The van der Waals surface area contributed by atoms with Crippen LogP contribution >= 0.6 is 23.2 Å². The molecule has 0 N–H and O–H groups in total. The number of rotatable bonds is 5. The molecule has 4 amide bonds. The van der Waals surface area contributed by atoms with Crippen molar-refractivity contribution < 1.29 is 19.2 Å². The van der Waals surface area contributed by atoms with E-state index in [0.29, 0.717) is 61.7 Å². The number of hydrogen-bond acceptors (Lipinski definition) is 4. The van der Waals surface area contributed by atoms with Crippen LogP contribution in [0.3, 0.4) is 0 Å². The van der Waals surface area contributed by atoms with Gasteiger partial charge in [0, 0.05) is 23.2 Å². The van der Waals surface area contributed by atoms with Gasteiger partial charge in [-0.2, -0.15) is 0 Å². The van der Waals surface area contributed by atoms with Gasteiger partial charge in [0.05, 0.1) is 23.7 Å². The first-order valence-electron chi connectivity index (χ1n) is 9.78. The molecule has 0 aromatic heterocycles. The predicted octanol–water partition coefficient (Wildman–Crippen LogP) is 2.80. The number of fused-ring (bicyclic) bond motifs is 2. The van der Waals surface area contributed by atoms with Gasteiger partial charge in [-0.1, -0.05) is 35.4 Å². The maximum atomic E-state index is 12.5. The van der Waals surface area contributed by atoms with Gasteiger partial charge in [0.15, 0.2) is 0 Å². The summed E-state index contributed by atoms with van der Waals surface area (Å²) in [6, 6.07) is 0. The molecule has 0 unspecified atom stereocenters. The van der Waals surface area contributed by atoms with Gasteiger partial charge in [-0.05, 0) is 38.5 Å². The molecule has 2 saturated heterocycles. The first-order valence-corrected chi connectivity index (χ1v) is 10.5. The molecule has 4 atom stereocenters. The minimum Gasteiger partial charge on any atom is -0.282 e. The van der Waals surface area contributed by atoms with E-state index in [1.54, 1.807) is 0 Å². The first kappa shape index (κ1) is 19.6. The third-order valence-electron chi connectivity index (χ3n) is 6.33. The highest BCUT2D eigenvalue weighted by molar-refractivity contribution is 6.30. The summed E-state index contributed by atoms with van der Waals surface area (Å²) in [5, 5.41) is 1.29. The van der Waals surface area contributed by atoms with E-state index in [4.69, 9.17) is 23.2 Å². The van der Waals surface area contributed by atoms with Crippen molar-refractivity contribution in [1.82, 2.24) is 9.80 Å². The molecule has 2 aliphatic carbocycles. The van der Waals surface area contributed by atoms with Crippen LogP contribution in [0.2, 0.25) is 0 Å². The number of unbranched alkanes of at least 4 members (excludes halogenated alkanes) is 1. The van der Waals surface area contributed by atoms with Crippen molar-refractivity contribution in [2.24, 2.45) is 23.7 Å². The maximum absolute atomic E-state index is 12.5. The molecule has 2 fully saturated rings. The van der Waals surface area contributed by atoms with Gasteiger partial charge in [0.1, 0.15) is 0 Å². The van der Waals surface area contributed by atoms with Crippen LogP contribution in [0.25, 0.3) is 0 Å². The lowest BCUT2D eigenvalue weighted by Gasteiger charge is -2.17. The molecule has 8 heteroatoms. The van der Waals surface area contributed by atoms with E-state index in [-0.39, 0.29) is 47.3 Å². The second kappa shape index (κ2) is 7.64. The van der Waals surface area contributed by atoms with Crippen molar-refractivity contribution in [3.05, 3.63) is 22.2 Å². The summed E-state index contributed by atoms with van der Waals surface area (Å²) in [4.78, 5) is 52.7. The largest absolute Gasteiger partial charge is 0.282 e. The van der Waals surface area contributed by atoms with Gasteiger partial charge in [0.2, 0.25) is 23.6 Å². The molecule has 150 valence electrons. The highest BCUT2D eigenvalue weighted by Gasteiger charge is 2.49. The number of allylic oxidation sites excluding steroid dienone is 4. The zero-order valence-corrected chi connectivity index (χ0v) is 16.9. The number of imide groups is 2. The lowest BCUT2D eigenvalue weighted by Crippen LogP contribution is -2.34. The average molecular weight is 425 g/mol. The summed E-state index contributed by atoms with van der Waals surface area (Å²) < 4.78 is 0. The van der Waals surface area contributed by atoms with Gasteiger partial charge < -0.3 is 0 Å². The van der Waals surface area contributed by atoms with Crippen LogP contribution in [0.4, 0.5) is 0 Å². The van der Waals surface area contributed by atoms with Crippen molar-refractivity contribution in [3.8, 4) is 0 Å². The summed E-state index contributed by atoms with van der Waals surface area (Å²) in [5.74, 6) is -1.83. The van der Waals surface area contributed by atoms with Crippen LogP contribution in [0.5, 0.6) is 0 Å². The number of hydrogen-bond donors (Lipinski definition) is 0. The Balaban J connectivity index is 1.29. The molecule has 0 radical (unpaired) electrons. The van der Waals surface area contributed by atoms with Gasteiger partial charge in [-0.25, -0.2) is 0 Å². The molecule has 2 heterocycles. The first-order chi connectivity index (χ1) is 13.4. The third-order valence-corrected chi connectivity index (χ3v) is 6.95. The summed E-state index contributed by atoms with van der Waals surface area (Å²) in [6.45, 7) is 0.636. The summed E-state index contributed by atoms with van der Waals surface area (Å²) >= 11 is 12.1. The van der Waals surface area contributed by atoms with E-state index in [2.05, 4.69) is 0 Å². The minimum absolute atomic E-state index is 0.129. The van der Waals surface area contributed by atoms with Gasteiger partial charge in [-0.15, -0.1) is 0 Å². The fraction of sp³-hybridized carbons (Fsp3) is 0.600. The Kier molecular flexibility index (Phi) is 5.36. The number of likely N-dealkylation sites (tertiary alicyclic amines) is 2. The van der Waals surface area contributed by atoms with Gasteiger partial charge in [-0.3, -0.25) is 29.0 Å². The molecule has 0 spiro atoms. The molecular formula is C20H22Cl2N2O4. The minimum atomic E-state index is -0.341. The molecule has 28 heavy (non-hydrogen) atoms. The molecule has 0 aromatic rings. The second-order valence-electron chi connectivity index (χ2n) is 7.97. The van der Waals surface area contributed by atoms with Crippen LogP contribution in [0.1, 0.15) is 38.5 Å². The Morgan fingerprint density at radius 2 is 1.04 bits per heavy atom. The molecule has 0 bridgehead atoms. The molecule has 4 rings (SSSR count). The number of nitrogens with zero attached hydrogens (tertiary/aromatic N) is 2. The van der Waals surface area contributed by atoms with Crippen LogP contribution in [0, 0.1) is 23.7 Å². The number of amides is 4. The van der Waals surface area contributed by atoms with E-state index in [1.165, 1.54) is 9.80 Å². The number of carbonyl (C=O) groups is 4. The number of carbonyl (C=O) groups excluding carboxylic acids is 4. The Hall–Kier alpha value is -1.66. The highest BCUT2D eigenvalue weighted by Crippen LogP contribution is 2.40. The molecular weight excluding hydrogens is 403 g/mol. The van der Waals surface area contributed by atoms with E-state index >= 15 is 0 Å². The van der Waals surface area contributed by atoms with Crippen molar-refractivity contribution in [3.63, 3.8) is 0 Å². The normalized spacial score (nSPS) is 32.5. The average Bonchev–Trinajstić information content (AvgIpc) is 3.04. The Morgan fingerprint density at radius 1 is 0.679 bits per heavy atom. The summed E-state index contributed by atoms with van der Waals surface area (Å²) in [6.07, 6.45) is 6.66. The molecule has 0 aromatic carbocycles. The Labute approximate surface area is 173 Å². The van der Waals surface area contributed by atoms with Gasteiger partial charge in [0.25, 0.3) is 0 Å². The van der Waals surface area contributed by atoms with E-state index in [0.717, 1.165) is 0 Å². The second-order valence-corrected chi connectivity index (χ2v) is 8.94. The Bertz CT molecular complexity index is 740. The Morgan fingerprint density at radius 3 is 1.43 bits per heavy atom. The van der Waals surface area contributed by atoms with Crippen LogP contribution in [0.15, 0.2) is 22.2 Å². The van der Waals surface area contributed by atoms with Gasteiger partial charge >= 0.3 is 0 Å². The van der Waals surface area contributed by atoms with Crippen molar-refractivity contribution >= 4 is 46.8 Å². The fourth-order valence-electron chi connectivity index (χ4n) is 4.77. The monoisotopic (exact) mass is 424 g/mol. The zero-order valence-electron chi connectivity index (χ0n) is 15.4. The SMILES string of the molecule is O=C1[C@H]2CC(Cl)=CC[C@H]2C(=O)N1CCCCN1C(=O)[C@H]2CC(Cl)=CC[C@H]2C1=O. The smallest absolute Gasteiger partial charge is 0.233 e. The summed E-state index contributed by atoms with van der Waals surface area (Å²) in [5.41, 5.74) is 0. The third kappa shape index (κ3) is 3.30. The molecule has 0 saturated carbocycles. The summed E-state index contributed by atoms with van der Waals surface area (Å²) in [7, 11) is 0. The molecule has 4 aliphatic rings. The van der Waals surface area contributed by atoms with Crippen LogP contribution in [-0.4, -0.2) is 46.5 Å². The van der Waals surface area contributed by atoms with Crippen molar-refractivity contribution in [2.75, 3.05) is 13.1 Å². The molecule has 2 aliphatic heterocycles. The maximum Gasteiger partial charge on any atom is 0.233 e. The lowest BCUT2D eigenvalue weighted by atomic mass is 9.85. The van der Waals surface area contributed by atoms with Crippen molar-refractivity contribution in [1.29, 1.82) is 0 Å². The van der Waals surface area contributed by atoms with Crippen LogP contribution < -0.4 is 0 Å². The van der Waals surface area contributed by atoms with E-state index in [9.17, 15) is 19.2 Å².